The lowest BCUT2D eigenvalue weighted by Gasteiger charge is -2.17. The fraction of sp³-hybridized carbons (Fsp3) is 0.333. The Morgan fingerprint density at radius 3 is 3.00 bits per heavy atom. The number of likely N-dealkylation sites (N-methyl/N-ethyl adjacent to an activating group) is 1. The number of fused-ring (bicyclic) bond motifs is 1. The summed E-state index contributed by atoms with van der Waals surface area (Å²) in [4.78, 5) is 10.1. The van der Waals surface area contributed by atoms with Gasteiger partial charge in [-0.3, -0.25) is 9.38 Å². The third-order valence-electron chi connectivity index (χ3n) is 3.34. The summed E-state index contributed by atoms with van der Waals surface area (Å²) >= 11 is 1.67. The molecule has 3 heterocycles. The molecular weight excluding hydrogens is 268 g/mol. The minimum atomic E-state index is 0.262. The van der Waals surface area contributed by atoms with Crippen molar-refractivity contribution in [1.29, 1.82) is 0 Å². The lowest BCUT2D eigenvalue weighted by atomic mass is 10.0. The monoisotopic (exact) mass is 286 g/mol. The molecule has 0 aliphatic carbocycles. The third-order valence-corrected chi connectivity index (χ3v) is 4.11. The number of rotatable bonds is 5. The zero-order valence-electron chi connectivity index (χ0n) is 11.7. The Hall–Kier alpha value is -1.72. The zero-order chi connectivity index (χ0) is 13.9. The quantitative estimate of drug-likeness (QED) is 0.784. The first-order chi connectivity index (χ1) is 9.76. The second-order valence-electron chi connectivity index (χ2n) is 4.87. The maximum absolute atomic E-state index is 4.66. The van der Waals surface area contributed by atoms with Crippen molar-refractivity contribution < 1.29 is 0 Å². The fourth-order valence-corrected chi connectivity index (χ4v) is 3.04. The molecule has 4 nitrogen and oxygen atoms in total. The standard InChI is InChI=1S/C15H18N4S/c1-3-16-14(12-5-4-11(2)17-9-12)8-13-10-19-6-7-20-15(19)18-13/h4-7,9-10,14,16H,3,8H2,1-2H3. The van der Waals surface area contributed by atoms with Gasteiger partial charge in [-0.05, 0) is 25.1 Å². The highest BCUT2D eigenvalue weighted by molar-refractivity contribution is 7.15. The van der Waals surface area contributed by atoms with Gasteiger partial charge in [0.1, 0.15) is 0 Å². The number of thiazole rings is 1. The first-order valence-electron chi connectivity index (χ1n) is 6.83. The molecule has 3 aromatic rings. The molecule has 0 aromatic carbocycles. The van der Waals surface area contributed by atoms with E-state index in [9.17, 15) is 0 Å². The van der Waals surface area contributed by atoms with E-state index in [4.69, 9.17) is 0 Å². The van der Waals surface area contributed by atoms with Crippen molar-refractivity contribution in [2.45, 2.75) is 26.3 Å². The van der Waals surface area contributed by atoms with Crippen molar-refractivity contribution in [1.82, 2.24) is 19.7 Å². The van der Waals surface area contributed by atoms with E-state index < -0.39 is 0 Å². The van der Waals surface area contributed by atoms with Crippen LogP contribution in [0, 0.1) is 6.92 Å². The van der Waals surface area contributed by atoms with E-state index in [1.165, 1.54) is 5.56 Å². The number of nitrogens with zero attached hydrogens (tertiary/aromatic N) is 3. The van der Waals surface area contributed by atoms with E-state index in [0.29, 0.717) is 0 Å². The van der Waals surface area contributed by atoms with E-state index in [1.54, 1.807) is 11.3 Å². The van der Waals surface area contributed by atoms with Crippen LogP contribution >= 0.6 is 11.3 Å². The maximum atomic E-state index is 4.66. The van der Waals surface area contributed by atoms with Gasteiger partial charge in [0.25, 0.3) is 0 Å². The van der Waals surface area contributed by atoms with Crippen LogP contribution in [-0.2, 0) is 6.42 Å². The molecule has 3 aromatic heterocycles. The minimum Gasteiger partial charge on any atom is -0.310 e. The Morgan fingerprint density at radius 2 is 2.30 bits per heavy atom. The summed E-state index contributed by atoms with van der Waals surface area (Å²) in [6, 6.07) is 4.47. The summed E-state index contributed by atoms with van der Waals surface area (Å²) < 4.78 is 2.08. The SMILES string of the molecule is CCNC(Cc1cn2ccsc2n1)c1ccc(C)nc1. The molecular formula is C15H18N4S. The molecule has 0 bridgehead atoms. The lowest BCUT2D eigenvalue weighted by Crippen LogP contribution is -2.23. The smallest absolute Gasteiger partial charge is 0.193 e. The number of aromatic nitrogens is 3. The maximum Gasteiger partial charge on any atom is 0.193 e. The number of nitrogens with one attached hydrogen (secondary N) is 1. The molecule has 20 heavy (non-hydrogen) atoms. The van der Waals surface area contributed by atoms with Crippen molar-refractivity contribution in [2.24, 2.45) is 0 Å². The largest absolute Gasteiger partial charge is 0.310 e. The van der Waals surface area contributed by atoms with E-state index in [0.717, 1.165) is 29.3 Å². The van der Waals surface area contributed by atoms with Crippen LogP contribution in [0.1, 0.15) is 29.9 Å². The van der Waals surface area contributed by atoms with Gasteiger partial charge >= 0.3 is 0 Å². The third kappa shape index (κ3) is 2.73. The molecule has 0 amide bonds. The molecule has 0 fully saturated rings. The first-order valence-corrected chi connectivity index (χ1v) is 7.71. The summed E-state index contributed by atoms with van der Waals surface area (Å²) in [6.45, 7) is 5.07. The van der Waals surface area contributed by atoms with Gasteiger partial charge in [-0.25, -0.2) is 4.98 Å². The zero-order valence-corrected chi connectivity index (χ0v) is 12.5. The Labute approximate surface area is 122 Å². The average molecular weight is 286 g/mol. The molecule has 5 heteroatoms. The number of hydrogen-bond donors (Lipinski definition) is 1. The van der Waals surface area contributed by atoms with Crippen molar-refractivity contribution >= 4 is 16.3 Å². The molecule has 0 spiro atoms. The van der Waals surface area contributed by atoms with Gasteiger partial charge in [-0.15, -0.1) is 11.3 Å². The lowest BCUT2D eigenvalue weighted by molar-refractivity contribution is 0.543. The van der Waals surface area contributed by atoms with E-state index in [-0.39, 0.29) is 6.04 Å². The van der Waals surface area contributed by atoms with Crippen LogP contribution in [-0.4, -0.2) is 20.9 Å². The van der Waals surface area contributed by atoms with Crippen LogP contribution in [0.4, 0.5) is 0 Å². The fourth-order valence-electron chi connectivity index (χ4n) is 2.32. The Bertz CT molecular complexity index is 655. The summed E-state index contributed by atoms with van der Waals surface area (Å²) in [5, 5.41) is 5.57. The Kier molecular flexibility index (Phi) is 3.80. The van der Waals surface area contributed by atoms with Gasteiger partial charge in [-0.1, -0.05) is 13.0 Å². The van der Waals surface area contributed by atoms with Gasteiger partial charge < -0.3 is 5.32 Å². The summed E-state index contributed by atoms with van der Waals surface area (Å²) in [6.07, 6.45) is 7.00. The van der Waals surface area contributed by atoms with Crippen LogP contribution in [0.5, 0.6) is 0 Å². The van der Waals surface area contributed by atoms with Gasteiger partial charge in [0.15, 0.2) is 4.96 Å². The van der Waals surface area contributed by atoms with Crippen LogP contribution in [0.3, 0.4) is 0 Å². The van der Waals surface area contributed by atoms with Gasteiger partial charge in [-0.2, -0.15) is 0 Å². The van der Waals surface area contributed by atoms with Crippen LogP contribution in [0.2, 0.25) is 0 Å². The number of hydrogen-bond acceptors (Lipinski definition) is 4. The molecule has 0 saturated carbocycles. The number of aryl methyl sites for hydroxylation is 1. The second kappa shape index (κ2) is 5.73. The molecule has 0 aliphatic rings. The normalized spacial score (nSPS) is 12.9. The van der Waals surface area contributed by atoms with E-state index in [1.807, 2.05) is 19.3 Å². The van der Waals surface area contributed by atoms with Crippen LogP contribution < -0.4 is 5.32 Å². The summed E-state index contributed by atoms with van der Waals surface area (Å²) in [5.41, 5.74) is 3.38. The second-order valence-corrected chi connectivity index (χ2v) is 5.75. The predicted octanol–water partition coefficient (Wildman–Crippen LogP) is 2.99. The highest BCUT2D eigenvalue weighted by Crippen LogP contribution is 2.19. The Balaban J connectivity index is 1.83. The average Bonchev–Trinajstić information content (AvgIpc) is 3.00. The topological polar surface area (TPSA) is 42.2 Å². The van der Waals surface area contributed by atoms with Crippen molar-refractivity contribution in [3.05, 3.63) is 53.1 Å². The highest BCUT2D eigenvalue weighted by atomic mass is 32.1. The molecule has 1 atom stereocenters. The van der Waals surface area contributed by atoms with Crippen molar-refractivity contribution in [3.8, 4) is 0 Å². The number of pyridine rings is 1. The van der Waals surface area contributed by atoms with Gasteiger partial charge in [0.2, 0.25) is 0 Å². The van der Waals surface area contributed by atoms with E-state index >= 15 is 0 Å². The molecule has 0 radical (unpaired) electrons. The molecule has 0 aliphatic heterocycles. The van der Waals surface area contributed by atoms with Crippen molar-refractivity contribution in [3.63, 3.8) is 0 Å². The van der Waals surface area contributed by atoms with Crippen molar-refractivity contribution in [2.75, 3.05) is 6.54 Å². The molecule has 1 N–H and O–H groups in total. The van der Waals surface area contributed by atoms with E-state index in [2.05, 4.69) is 50.3 Å². The van der Waals surface area contributed by atoms with Crippen LogP contribution in [0.15, 0.2) is 36.1 Å². The molecule has 104 valence electrons. The summed E-state index contributed by atoms with van der Waals surface area (Å²) in [5.74, 6) is 0. The molecule has 1 unspecified atom stereocenters. The van der Waals surface area contributed by atoms with Crippen LogP contribution in [0.25, 0.3) is 4.96 Å². The number of imidazole rings is 1. The van der Waals surface area contributed by atoms with Gasteiger partial charge in [0.05, 0.1) is 5.69 Å². The minimum absolute atomic E-state index is 0.262. The molecule has 3 rings (SSSR count). The predicted molar refractivity (Wildman–Crippen MR) is 82.2 cm³/mol. The Morgan fingerprint density at radius 1 is 1.40 bits per heavy atom. The summed E-state index contributed by atoms with van der Waals surface area (Å²) in [7, 11) is 0. The molecule has 0 saturated heterocycles. The van der Waals surface area contributed by atoms with Gasteiger partial charge in [0, 0.05) is 42.1 Å². The highest BCUT2D eigenvalue weighted by Gasteiger charge is 2.14. The first kappa shape index (κ1) is 13.3.